The van der Waals surface area contributed by atoms with Crippen molar-refractivity contribution in [3.63, 3.8) is 0 Å². The largest absolute Gasteiger partial charge is 0.508 e. The summed E-state index contributed by atoms with van der Waals surface area (Å²) in [4.78, 5) is 16.1. The first-order chi connectivity index (χ1) is 18.0. The van der Waals surface area contributed by atoms with Gasteiger partial charge in [-0.05, 0) is 88.8 Å². The average molecular weight is 651 g/mol. The summed E-state index contributed by atoms with van der Waals surface area (Å²) in [5, 5.41) is 10.4. The zero-order valence-electron chi connectivity index (χ0n) is 19.7. The van der Waals surface area contributed by atoms with Crippen LogP contribution in [0.25, 0.3) is 10.1 Å². The molecule has 1 fully saturated rings. The van der Waals surface area contributed by atoms with E-state index in [0.29, 0.717) is 34.3 Å². The molecule has 0 bridgehead atoms. The van der Waals surface area contributed by atoms with Crippen LogP contribution in [-0.2, 0) is 0 Å². The lowest BCUT2D eigenvalue weighted by Gasteiger charge is -2.37. The molecule has 2 heterocycles. The Kier molecular flexibility index (Phi) is 8.44. The zero-order chi connectivity index (χ0) is 25.8. The van der Waals surface area contributed by atoms with E-state index in [9.17, 15) is 14.3 Å². The predicted molar refractivity (Wildman–Crippen MR) is 154 cm³/mol. The highest BCUT2D eigenvalue weighted by molar-refractivity contribution is 14.2. The molecule has 37 heavy (non-hydrogen) atoms. The second-order valence-electron chi connectivity index (χ2n) is 8.68. The number of nitrogens with zero attached hydrogens (tertiary/aromatic N) is 1. The van der Waals surface area contributed by atoms with E-state index < -0.39 is 0 Å². The molecule has 1 unspecified atom stereocenters. The Bertz CT molecular complexity index is 1380. The van der Waals surface area contributed by atoms with Crippen molar-refractivity contribution in [2.45, 2.75) is 0 Å². The Hall–Kier alpha value is -2.46. The second kappa shape index (κ2) is 11.9. The van der Waals surface area contributed by atoms with Gasteiger partial charge >= 0.3 is 0 Å². The molecular formula is C27H24FINO5PS. The predicted octanol–water partition coefficient (Wildman–Crippen LogP) is 7.23. The Morgan fingerprint density at radius 3 is 2.46 bits per heavy atom. The lowest BCUT2D eigenvalue weighted by molar-refractivity contribution is 0.0668. The van der Waals surface area contributed by atoms with E-state index in [4.69, 9.17) is 14.0 Å². The van der Waals surface area contributed by atoms with E-state index >= 15 is 0 Å². The van der Waals surface area contributed by atoms with Crippen LogP contribution in [0.5, 0.6) is 28.7 Å². The molecule has 1 N–H and O–H groups in total. The summed E-state index contributed by atoms with van der Waals surface area (Å²) >= 11 is 3.51. The standard InChI is InChI=1S/C27H24FINO5PS/c28-14-17-15-30(16-17)11-12-33-20-5-7-21(8-6-20)34-26-23-10-9-22(35-36-29)13-24(23)37-27(26)25(32)18-1-3-19(31)4-2-18/h1-10,13,17,31,36H,11-12,14-16H2. The van der Waals surface area contributed by atoms with Gasteiger partial charge in [0.15, 0.2) is 5.75 Å². The number of hydrogen-bond acceptors (Lipinski definition) is 7. The third kappa shape index (κ3) is 6.17. The maximum atomic E-state index is 13.4. The fourth-order valence-corrected chi connectivity index (χ4v) is 6.23. The molecule has 1 aliphatic rings. The number of rotatable bonds is 11. The topological polar surface area (TPSA) is 68.2 Å². The summed E-state index contributed by atoms with van der Waals surface area (Å²) in [6.07, 6.45) is 0. The monoisotopic (exact) mass is 651 g/mol. The van der Waals surface area contributed by atoms with Crippen LogP contribution < -0.4 is 14.0 Å². The van der Waals surface area contributed by atoms with Crippen molar-refractivity contribution in [3.8, 4) is 28.7 Å². The first kappa shape index (κ1) is 26.2. The summed E-state index contributed by atoms with van der Waals surface area (Å²) in [5.41, 5.74) is 0.461. The van der Waals surface area contributed by atoms with Gasteiger partial charge in [-0.25, -0.2) is 0 Å². The molecular weight excluding hydrogens is 627 g/mol. The van der Waals surface area contributed by atoms with Crippen molar-refractivity contribution >= 4 is 55.7 Å². The number of phenols is 1. The molecule has 0 radical (unpaired) electrons. The molecule has 5 rings (SSSR count). The highest BCUT2D eigenvalue weighted by Crippen LogP contribution is 2.43. The second-order valence-corrected chi connectivity index (χ2v) is 11.4. The zero-order valence-corrected chi connectivity index (χ0v) is 23.6. The van der Waals surface area contributed by atoms with Gasteiger partial charge in [0.05, 0.1) is 6.67 Å². The van der Waals surface area contributed by atoms with Crippen LogP contribution >= 0.6 is 39.8 Å². The molecule has 0 amide bonds. The smallest absolute Gasteiger partial charge is 0.206 e. The molecule has 3 aromatic carbocycles. The number of aromatic hydroxyl groups is 1. The van der Waals surface area contributed by atoms with Gasteiger partial charge < -0.3 is 19.1 Å². The first-order valence-corrected chi connectivity index (χ1v) is 16.5. The number of halogens is 2. The minimum Gasteiger partial charge on any atom is -0.508 e. The maximum absolute atomic E-state index is 13.4. The third-order valence-corrected chi connectivity index (χ3v) is 8.19. The number of benzene rings is 3. The van der Waals surface area contributed by atoms with E-state index in [-0.39, 0.29) is 30.6 Å². The summed E-state index contributed by atoms with van der Waals surface area (Å²) in [6, 6.07) is 19.2. The summed E-state index contributed by atoms with van der Waals surface area (Å²) in [6.45, 7) is 2.90. The number of phenolic OH excluding ortho intramolecular Hbond substituents is 1. The minimum atomic E-state index is -0.256. The maximum Gasteiger partial charge on any atom is 0.206 e. The number of fused-ring (bicyclic) bond motifs is 1. The average Bonchev–Trinajstić information content (AvgIpc) is 3.24. The highest BCUT2D eigenvalue weighted by atomic mass is 127. The molecule has 0 saturated carbocycles. The number of thiophene rings is 1. The number of carbonyl (C=O) groups excluding carboxylic acids is 1. The van der Waals surface area contributed by atoms with Crippen molar-refractivity contribution in [1.29, 1.82) is 0 Å². The van der Waals surface area contributed by atoms with E-state index in [0.717, 1.165) is 35.5 Å². The van der Waals surface area contributed by atoms with Gasteiger partial charge in [-0.15, -0.1) is 11.3 Å². The quantitative estimate of drug-likeness (QED) is 0.105. The van der Waals surface area contributed by atoms with Gasteiger partial charge in [0.25, 0.3) is 0 Å². The normalized spacial score (nSPS) is 14.2. The van der Waals surface area contributed by atoms with Crippen LogP contribution in [0.3, 0.4) is 0 Å². The molecule has 192 valence electrons. The van der Waals surface area contributed by atoms with Gasteiger partial charge in [0.2, 0.25) is 5.78 Å². The van der Waals surface area contributed by atoms with Crippen molar-refractivity contribution in [3.05, 3.63) is 77.2 Å². The summed E-state index contributed by atoms with van der Waals surface area (Å²) in [7, 11) is 0. The van der Waals surface area contributed by atoms with Crippen LogP contribution in [0.4, 0.5) is 4.39 Å². The molecule has 0 aliphatic carbocycles. The molecule has 1 atom stereocenters. The molecule has 1 aliphatic heterocycles. The molecule has 1 aromatic heterocycles. The molecule has 0 spiro atoms. The number of likely N-dealkylation sites (tertiary alicyclic amines) is 1. The van der Waals surface area contributed by atoms with Crippen LogP contribution in [0, 0.1) is 5.92 Å². The van der Waals surface area contributed by atoms with E-state index in [2.05, 4.69) is 26.9 Å². The van der Waals surface area contributed by atoms with Gasteiger partial charge in [0, 0.05) is 41.2 Å². The molecule has 10 heteroatoms. The van der Waals surface area contributed by atoms with Crippen LogP contribution in [0.2, 0.25) is 0 Å². The SMILES string of the molecule is O=C(c1ccc(O)cc1)c1sc2cc(OPI)ccc2c1Oc1ccc(OCCN2CC(CF)C2)cc1. The van der Waals surface area contributed by atoms with Gasteiger partial charge in [0.1, 0.15) is 40.9 Å². The first-order valence-electron chi connectivity index (χ1n) is 11.7. The number of carbonyl (C=O) groups is 1. The Balaban J connectivity index is 1.35. The number of hydrogen-bond donors (Lipinski definition) is 1. The van der Waals surface area contributed by atoms with E-state index in [1.807, 2.05) is 42.5 Å². The van der Waals surface area contributed by atoms with Crippen molar-refractivity contribution in [1.82, 2.24) is 4.90 Å². The number of ether oxygens (including phenoxy) is 2. The van der Waals surface area contributed by atoms with Crippen molar-refractivity contribution in [2.24, 2.45) is 5.92 Å². The van der Waals surface area contributed by atoms with E-state index in [1.54, 1.807) is 12.1 Å². The Labute approximate surface area is 232 Å². The Morgan fingerprint density at radius 2 is 1.76 bits per heavy atom. The van der Waals surface area contributed by atoms with Gasteiger partial charge in [-0.2, -0.15) is 0 Å². The van der Waals surface area contributed by atoms with Crippen LogP contribution in [0.15, 0.2) is 66.7 Å². The highest BCUT2D eigenvalue weighted by Gasteiger charge is 2.26. The van der Waals surface area contributed by atoms with Crippen molar-refractivity contribution in [2.75, 3.05) is 32.9 Å². The Morgan fingerprint density at radius 1 is 1.05 bits per heavy atom. The fourth-order valence-electron chi connectivity index (χ4n) is 4.13. The molecule has 1 saturated heterocycles. The van der Waals surface area contributed by atoms with Crippen LogP contribution in [0.1, 0.15) is 15.2 Å². The third-order valence-electron chi connectivity index (χ3n) is 6.08. The van der Waals surface area contributed by atoms with Gasteiger partial charge in [-0.3, -0.25) is 14.1 Å². The van der Waals surface area contributed by atoms with Gasteiger partial charge in [-0.1, -0.05) is 0 Å². The van der Waals surface area contributed by atoms with E-state index in [1.165, 1.54) is 23.5 Å². The lowest BCUT2D eigenvalue weighted by atomic mass is 10.0. The van der Waals surface area contributed by atoms with Crippen LogP contribution in [-0.4, -0.2) is 48.7 Å². The van der Waals surface area contributed by atoms with Crippen molar-refractivity contribution < 1.29 is 28.3 Å². The molecule has 6 nitrogen and oxygen atoms in total. The lowest BCUT2D eigenvalue weighted by Crippen LogP contribution is -2.49. The summed E-state index contributed by atoms with van der Waals surface area (Å²) in [5.74, 6) is 2.59. The fraction of sp³-hybridized carbons (Fsp3) is 0.222. The molecule has 4 aromatic rings. The number of alkyl halides is 1. The minimum absolute atomic E-state index is 0.0990. The number of ketones is 1. The summed E-state index contributed by atoms with van der Waals surface area (Å²) < 4.78 is 31.2.